The molecule has 142 valence electrons. The van der Waals surface area contributed by atoms with Crippen LogP contribution in [-0.4, -0.2) is 20.5 Å². The minimum atomic E-state index is -2.30. The summed E-state index contributed by atoms with van der Waals surface area (Å²) < 4.78 is 19.1. The lowest BCUT2D eigenvalue weighted by atomic mass is 10.1. The van der Waals surface area contributed by atoms with Crippen LogP contribution in [0.1, 0.15) is 33.1 Å². The molecule has 2 N–H and O–H groups in total. The summed E-state index contributed by atoms with van der Waals surface area (Å²) in [5, 5.41) is -2.16. The highest BCUT2D eigenvalue weighted by Crippen LogP contribution is 2.55. The lowest BCUT2D eigenvalue weighted by Gasteiger charge is -2.19. The van der Waals surface area contributed by atoms with Crippen LogP contribution in [0.15, 0.2) is 30.9 Å². The number of fused-ring (bicyclic) bond motifs is 1. The van der Waals surface area contributed by atoms with Crippen molar-refractivity contribution in [3.05, 3.63) is 35.6 Å². The largest absolute Gasteiger partial charge is 0.373 e. The number of hydrogen-bond donors (Lipinski definition) is 1. The first-order chi connectivity index (χ1) is 12.3. The van der Waals surface area contributed by atoms with Gasteiger partial charge in [-0.2, -0.15) is 10.3 Å². The van der Waals surface area contributed by atoms with Gasteiger partial charge in [-0.15, -0.1) is 0 Å². The molecule has 3 heterocycles. The molecule has 0 radical (unpaired) electrons. The van der Waals surface area contributed by atoms with Crippen LogP contribution in [0.5, 0.6) is 0 Å². The number of nitrogens with two attached hydrogens (primary N) is 1. The molecule has 1 aromatic heterocycles. The Kier molecular flexibility index (Phi) is 5.48. The normalized spacial score (nSPS) is 23.4. The minimum absolute atomic E-state index is 0.0215. The zero-order valence-electron chi connectivity index (χ0n) is 14.3. The standard InChI is InChI=1S/C15H18ClFN4O3S2/c1-8(2)12-11(16)9(7-10(22)24-18)15(17,26-12)19-13-20-5-3-4-6-21(20)14(23)25-13/h3-7,18H2,1-2H3. The van der Waals surface area contributed by atoms with E-state index in [2.05, 4.69) is 9.83 Å². The minimum Gasteiger partial charge on any atom is -0.373 e. The van der Waals surface area contributed by atoms with Crippen molar-refractivity contribution in [3.8, 4) is 0 Å². The van der Waals surface area contributed by atoms with Gasteiger partial charge in [0.05, 0.1) is 11.5 Å². The molecule has 1 atom stereocenters. The van der Waals surface area contributed by atoms with Crippen molar-refractivity contribution in [2.45, 2.75) is 51.3 Å². The van der Waals surface area contributed by atoms with Crippen molar-refractivity contribution >= 4 is 40.7 Å². The van der Waals surface area contributed by atoms with E-state index in [1.165, 1.54) is 0 Å². The maximum atomic E-state index is 15.9. The maximum Gasteiger partial charge on any atom is 0.328 e. The van der Waals surface area contributed by atoms with Crippen molar-refractivity contribution in [2.24, 2.45) is 10.9 Å². The lowest BCUT2D eigenvalue weighted by molar-refractivity contribution is -0.143. The lowest BCUT2D eigenvalue weighted by Crippen LogP contribution is -2.33. The molecule has 1 unspecified atom stereocenters. The van der Waals surface area contributed by atoms with Gasteiger partial charge in [-0.1, -0.05) is 28.9 Å². The summed E-state index contributed by atoms with van der Waals surface area (Å²) in [5.41, 5.74) is 0.778. The predicted molar refractivity (Wildman–Crippen MR) is 98.9 cm³/mol. The van der Waals surface area contributed by atoms with Crippen molar-refractivity contribution < 1.29 is 14.0 Å². The Balaban J connectivity index is 2.15. The summed E-state index contributed by atoms with van der Waals surface area (Å²) in [6.07, 6.45) is 1.36. The second kappa shape index (κ2) is 7.34. The van der Waals surface area contributed by atoms with E-state index in [0.717, 1.165) is 41.5 Å². The number of allylic oxidation sites excluding steroid dienone is 2. The number of thioether (sulfide) groups is 1. The van der Waals surface area contributed by atoms with E-state index >= 15 is 4.39 Å². The van der Waals surface area contributed by atoms with Gasteiger partial charge in [-0.05, 0) is 38.0 Å². The molecule has 0 saturated heterocycles. The van der Waals surface area contributed by atoms with Crippen LogP contribution in [0.3, 0.4) is 0 Å². The van der Waals surface area contributed by atoms with E-state index in [0.29, 0.717) is 18.0 Å². The highest BCUT2D eigenvalue weighted by Gasteiger charge is 2.46. The summed E-state index contributed by atoms with van der Waals surface area (Å²) in [6, 6.07) is 0. The predicted octanol–water partition coefficient (Wildman–Crippen LogP) is 2.37. The average molecular weight is 421 g/mol. The van der Waals surface area contributed by atoms with E-state index in [9.17, 15) is 9.59 Å². The molecule has 0 aliphatic carbocycles. The highest BCUT2D eigenvalue weighted by molar-refractivity contribution is 8.05. The van der Waals surface area contributed by atoms with Gasteiger partial charge in [0.25, 0.3) is 5.12 Å². The molecule has 26 heavy (non-hydrogen) atoms. The van der Waals surface area contributed by atoms with Crippen LogP contribution < -0.4 is 15.6 Å². The Bertz CT molecular complexity index is 941. The number of hydrogen-bond acceptors (Lipinski definition) is 7. The number of nitrogens with zero attached hydrogens (tertiary/aromatic N) is 3. The van der Waals surface area contributed by atoms with Crippen molar-refractivity contribution in [1.82, 2.24) is 9.36 Å². The third-order valence-corrected chi connectivity index (χ3v) is 6.94. The van der Waals surface area contributed by atoms with Crippen molar-refractivity contribution in [2.75, 3.05) is 0 Å². The molecule has 1 aromatic rings. The van der Waals surface area contributed by atoms with Crippen LogP contribution in [0.4, 0.5) is 4.39 Å². The molecular formula is C15H18ClFN4O3S2. The number of carbonyl (C=O) groups is 1. The summed E-state index contributed by atoms with van der Waals surface area (Å²) in [5.74, 6) is 4.08. The van der Waals surface area contributed by atoms with E-state index in [4.69, 9.17) is 17.5 Å². The molecule has 3 rings (SSSR count). The van der Waals surface area contributed by atoms with Crippen LogP contribution in [-0.2, 0) is 22.7 Å². The Morgan fingerprint density at radius 2 is 2.04 bits per heavy atom. The molecule has 0 bridgehead atoms. The fourth-order valence-electron chi connectivity index (χ4n) is 2.84. The Hall–Kier alpha value is -1.36. The van der Waals surface area contributed by atoms with E-state index in [1.807, 2.05) is 0 Å². The van der Waals surface area contributed by atoms with Gasteiger partial charge in [0.1, 0.15) is 0 Å². The summed E-state index contributed by atoms with van der Waals surface area (Å²) in [7, 11) is 0. The summed E-state index contributed by atoms with van der Waals surface area (Å²) in [6.45, 7) is 4.76. The van der Waals surface area contributed by atoms with E-state index in [1.54, 1.807) is 23.2 Å². The third kappa shape index (κ3) is 3.42. The summed E-state index contributed by atoms with van der Waals surface area (Å²) in [4.78, 5) is 32.8. The van der Waals surface area contributed by atoms with Gasteiger partial charge in [0, 0.05) is 23.6 Å². The molecule has 2 aliphatic rings. The second-order valence-electron chi connectivity index (χ2n) is 6.17. The van der Waals surface area contributed by atoms with Crippen LogP contribution in [0, 0.1) is 0 Å². The molecule has 0 aromatic carbocycles. The molecular weight excluding hydrogens is 403 g/mol. The van der Waals surface area contributed by atoms with Crippen molar-refractivity contribution in [1.29, 1.82) is 0 Å². The highest BCUT2D eigenvalue weighted by atomic mass is 35.5. The number of rotatable bonds is 3. The molecule has 0 spiro atoms. The second-order valence-corrected chi connectivity index (χ2v) is 8.62. The molecule has 2 aliphatic heterocycles. The van der Waals surface area contributed by atoms with E-state index < -0.39 is 17.5 Å². The van der Waals surface area contributed by atoms with Crippen LogP contribution >= 0.6 is 34.7 Å². The molecule has 0 saturated carbocycles. The zero-order chi connectivity index (χ0) is 19.1. The first kappa shape index (κ1) is 19.4. The Morgan fingerprint density at radius 1 is 1.38 bits per heavy atom. The fraction of sp³-hybridized carbons (Fsp3) is 0.533. The smallest absolute Gasteiger partial charge is 0.328 e. The van der Waals surface area contributed by atoms with Gasteiger partial charge in [-0.3, -0.25) is 14.3 Å². The topological polar surface area (TPSA) is 91.6 Å². The molecule has 11 heteroatoms. The number of carbonyl (C=O) groups excluding carboxylic acids is 1. The molecule has 0 amide bonds. The van der Waals surface area contributed by atoms with Gasteiger partial charge in [0.2, 0.25) is 4.80 Å². The SMILES string of the molecule is CC(C)=C1SC(F)(N=c2sc(=O)n3n2CCCC3)C(CC(=O)ON)=C1Cl. The molecule has 0 fully saturated rings. The van der Waals surface area contributed by atoms with Crippen molar-refractivity contribution in [3.63, 3.8) is 0 Å². The van der Waals surface area contributed by atoms with Gasteiger partial charge in [0.15, 0.2) is 0 Å². The monoisotopic (exact) mass is 420 g/mol. The van der Waals surface area contributed by atoms with Gasteiger partial charge >= 0.3 is 10.8 Å². The first-order valence-electron chi connectivity index (χ1n) is 7.98. The number of halogens is 2. The first-order valence-corrected chi connectivity index (χ1v) is 9.99. The Labute approximate surface area is 161 Å². The van der Waals surface area contributed by atoms with Crippen LogP contribution in [0.2, 0.25) is 0 Å². The third-order valence-electron chi connectivity index (χ3n) is 4.11. The van der Waals surface area contributed by atoms with E-state index in [-0.39, 0.29) is 20.3 Å². The number of aromatic nitrogens is 2. The Morgan fingerprint density at radius 3 is 2.65 bits per heavy atom. The van der Waals surface area contributed by atoms with Gasteiger partial charge in [-0.25, -0.2) is 9.67 Å². The van der Waals surface area contributed by atoms with Crippen LogP contribution in [0.25, 0.3) is 0 Å². The zero-order valence-corrected chi connectivity index (χ0v) is 16.6. The quantitative estimate of drug-likeness (QED) is 0.598. The maximum absolute atomic E-state index is 15.9. The number of alkyl halides is 1. The van der Waals surface area contributed by atoms with Gasteiger partial charge < -0.3 is 4.84 Å². The summed E-state index contributed by atoms with van der Waals surface area (Å²) >= 11 is 8.02. The molecule has 7 nitrogen and oxygen atoms in total. The average Bonchev–Trinajstić information content (AvgIpc) is 3.04. The fourth-order valence-corrected chi connectivity index (χ4v) is 5.48.